The molecule has 0 amide bonds. The summed E-state index contributed by atoms with van der Waals surface area (Å²) in [5.41, 5.74) is 4.56. The Morgan fingerprint density at radius 2 is 0.844 bits per heavy atom. The predicted molar refractivity (Wildman–Crippen MR) is 167 cm³/mol. The minimum atomic E-state index is -0.979. The number of fused-ring (bicyclic) bond motifs is 3. The molecule has 45 heavy (non-hydrogen) atoms. The van der Waals surface area contributed by atoms with Crippen molar-refractivity contribution in [1.82, 2.24) is 0 Å². The van der Waals surface area contributed by atoms with E-state index < -0.39 is 5.41 Å². The fraction of sp³-hybridized carbons (Fsp3) is 0.314. The molecular formula is C35H38O10. The third kappa shape index (κ3) is 5.85. The first kappa shape index (κ1) is 31.9. The molecule has 0 atom stereocenters. The summed E-state index contributed by atoms with van der Waals surface area (Å²) in [6.45, 7) is -0.827. The lowest BCUT2D eigenvalue weighted by Gasteiger charge is -2.35. The molecule has 10 nitrogen and oxygen atoms in total. The van der Waals surface area contributed by atoms with Gasteiger partial charge in [-0.15, -0.1) is 0 Å². The van der Waals surface area contributed by atoms with Crippen LogP contribution in [0, 0.1) is 0 Å². The lowest BCUT2D eigenvalue weighted by molar-refractivity contribution is 0.174. The van der Waals surface area contributed by atoms with E-state index in [1.807, 2.05) is 48.5 Å². The first-order chi connectivity index (χ1) is 22.1. The molecule has 4 aromatic carbocycles. The number of ether oxygens (including phenoxy) is 6. The highest BCUT2D eigenvalue weighted by molar-refractivity contribution is 5.87. The molecule has 0 aromatic heterocycles. The van der Waals surface area contributed by atoms with Crippen LogP contribution < -0.4 is 28.4 Å². The van der Waals surface area contributed by atoms with E-state index in [4.69, 9.17) is 28.4 Å². The van der Waals surface area contributed by atoms with Crippen LogP contribution in [0.1, 0.15) is 22.3 Å². The first-order valence-electron chi connectivity index (χ1n) is 14.7. The van der Waals surface area contributed by atoms with Crippen LogP contribution in [0.4, 0.5) is 0 Å². The van der Waals surface area contributed by atoms with Crippen LogP contribution in [-0.2, 0) is 5.41 Å². The van der Waals surface area contributed by atoms with Gasteiger partial charge in [-0.1, -0.05) is 48.5 Å². The Labute approximate surface area is 261 Å². The third-order valence-corrected chi connectivity index (χ3v) is 7.67. The molecule has 0 fully saturated rings. The van der Waals surface area contributed by atoms with Crippen molar-refractivity contribution >= 4 is 0 Å². The Bertz CT molecular complexity index is 1480. The number of benzene rings is 4. The SMILES string of the molecule is COc1cc(C2(c3cc(OC)c(OCCO)c(OCCO)c3)c3ccccc3-c3ccccc32)cc(OCCO)c1OCCO. The van der Waals surface area contributed by atoms with Crippen molar-refractivity contribution in [2.75, 3.05) is 67.1 Å². The van der Waals surface area contributed by atoms with Crippen molar-refractivity contribution in [3.05, 3.63) is 95.1 Å². The van der Waals surface area contributed by atoms with Crippen molar-refractivity contribution in [2.45, 2.75) is 5.41 Å². The summed E-state index contributed by atoms with van der Waals surface area (Å²) >= 11 is 0. The molecule has 0 heterocycles. The van der Waals surface area contributed by atoms with Crippen LogP contribution in [-0.4, -0.2) is 87.5 Å². The summed E-state index contributed by atoms with van der Waals surface area (Å²) < 4.78 is 35.4. The molecule has 238 valence electrons. The molecule has 1 aliphatic carbocycles. The second kappa shape index (κ2) is 14.5. The first-order valence-corrected chi connectivity index (χ1v) is 14.7. The van der Waals surface area contributed by atoms with Crippen molar-refractivity contribution in [3.8, 4) is 45.6 Å². The summed E-state index contributed by atoms with van der Waals surface area (Å²) in [6.07, 6.45) is 0. The van der Waals surface area contributed by atoms with E-state index in [9.17, 15) is 20.4 Å². The van der Waals surface area contributed by atoms with E-state index in [1.165, 1.54) is 14.2 Å². The highest BCUT2D eigenvalue weighted by Gasteiger charge is 2.47. The molecule has 0 bridgehead atoms. The Balaban J connectivity index is 1.90. The second-order valence-electron chi connectivity index (χ2n) is 10.1. The molecule has 5 rings (SSSR count). The van der Waals surface area contributed by atoms with Crippen LogP contribution >= 0.6 is 0 Å². The van der Waals surface area contributed by atoms with Gasteiger partial charge in [0.2, 0.25) is 11.5 Å². The standard InChI is InChI=1S/C35H38O10/c1-40-29-19-23(21-31(42-15-11-36)33(29)44-17-13-38)35(27-9-5-3-7-25(27)26-8-4-6-10-28(26)35)24-20-30(41-2)34(45-18-14-39)32(22-24)43-16-12-37/h3-10,19-22,36-39H,11-18H2,1-2H3. The third-order valence-electron chi connectivity index (χ3n) is 7.67. The Morgan fingerprint density at radius 3 is 1.22 bits per heavy atom. The quantitative estimate of drug-likeness (QED) is 0.130. The zero-order valence-electron chi connectivity index (χ0n) is 25.3. The lowest BCUT2D eigenvalue weighted by Crippen LogP contribution is -2.29. The van der Waals surface area contributed by atoms with Gasteiger partial charge in [-0.05, 0) is 57.6 Å². The molecule has 0 radical (unpaired) electrons. The number of aliphatic hydroxyl groups is 4. The van der Waals surface area contributed by atoms with Gasteiger partial charge >= 0.3 is 0 Å². The van der Waals surface area contributed by atoms with Crippen LogP contribution in [0.5, 0.6) is 34.5 Å². The van der Waals surface area contributed by atoms with E-state index in [2.05, 4.69) is 24.3 Å². The fourth-order valence-electron chi connectivity index (χ4n) is 6.02. The van der Waals surface area contributed by atoms with E-state index in [0.717, 1.165) is 33.4 Å². The second-order valence-corrected chi connectivity index (χ2v) is 10.1. The van der Waals surface area contributed by atoms with Gasteiger partial charge < -0.3 is 48.8 Å². The minimum absolute atomic E-state index is 0.00608. The fourth-order valence-corrected chi connectivity index (χ4v) is 6.02. The molecular weight excluding hydrogens is 580 g/mol. The topological polar surface area (TPSA) is 136 Å². The average Bonchev–Trinajstić information content (AvgIpc) is 3.38. The van der Waals surface area contributed by atoms with Crippen LogP contribution in [0.15, 0.2) is 72.8 Å². The lowest BCUT2D eigenvalue weighted by atomic mass is 9.67. The molecule has 0 aliphatic heterocycles. The number of hydrogen-bond acceptors (Lipinski definition) is 10. The van der Waals surface area contributed by atoms with Crippen molar-refractivity contribution in [3.63, 3.8) is 0 Å². The van der Waals surface area contributed by atoms with Gasteiger partial charge in [0.1, 0.15) is 26.4 Å². The van der Waals surface area contributed by atoms with Gasteiger partial charge in [0.25, 0.3) is 0 Å². The maximum atomic E-state index is 9.63. The molecule has 1 aliphatic rings. The van der Waals surface area contributed by atoms with Gasteiger partial charge in [0.15, 0.2) is 23.0 Å². The zero-order valence-corrected chi connectivity index (χ0v) is 25.3. The number of hydrogen-bond donors (Lipinski definition) is 4. The molecule has 0 spiro atoms. The van der Waals surface area contributed by atoms with Crippen LogP contribution in [0.3, 0.4) is 0 Å². The van der Waals surface area contributed by atoms with E-state index in [1.54, 1.807) is 0 Å². The highest BCUT2D eigenvalue weighted by atomic mass is 16.6. The van der Waals surface area contributed by atoms with E-state index >= 15 is 0 Å². The molecule has 0 saturated carbocycles. The smallest absolute Gasteiger partial charge is 0.203 e. The van der Waals surface area contributed by atoms with Crippen molar-refractivity contribution < 1.29 is 48.8 Å². The monoisotopic (exact) mass is 618 g/mol. The summed E-state index contributed by atoms with van der Waals surface area (Å²) in [4.78, 5) is 0. The number of methoxy groups -OCH3 is 2. The van der Waals surface area contributed by atoms with E-state index in [-0.39, 0.29) is 52.9 Å². The Morgan fingerprint density at radius 1 is 0.489 bits per heavy atom. The molecule has 10 heteroatoms. The summed E-state index contributed by atoms with van der Waals surface area (Å²) in [7, 11) is 3.06. The molecule has 4 aromatic rings. The minimum Gasteiger partial charge on any atom is -0.493 e. The zero-order chi connectivity index (χ0) is 31.8. The maximum Gasteiger partial charge on any atom is 0.203 e. The summed E-state index contributed by atoms with van der Waals surface area (Å²) in [5, 5.41) is 38.2. The normalized spacial score (nSPS) is 12.7. The Kier molecular flexibility index (Phi) is 10.3. The molecule has 4 N–H and O–H groups in total. The number of aliphatic hydroxyl groups excluding tert-OH is 4. The summed E-state index contributed by atoms with van der Waals surface area (Å²) in [6, 6.07) is 23.8. The van der Waals surface area contributed by atoms with Crippen molar-refractivity contribution in [2.24, 2.45) is 0 Å². The Hall–Kier alpha value is -4.48. The summed E-state index contributed by atoms with van der Waals surface area (Å²) in [5.74, 6) is 2.02. The predicted octanol–water partition coefficient (Wildman–Crippen LogP) is 3.55. The van der Waals surface area contributed by atoms with Gasteiger partial charge in [-0.25, -0.2) is 0 Å². The molecule has 0 unspecified atom stereocenters. The van der Waals surface area contributed by atoms with Gasteiger partial charge in [-0.2, -0.15) is 0 Å². The average molecular weight is 619 g/mol. The highest BCUT2D eigenvalue weighted by Crippen LogP contribution is 2.59. The van der Waals surface area contributed by atoms with Crippen molar-refractivity contribution in [1.29, 1.82) is 0 Å². The van der Waals surface area contributed by atoms with Crippen LogP contribution in [0.25, 0.3) is 11.1 Å². The van der Waals surface area contributed by atoms with Gasteiger partial charge in [-0.3, -0.25) is 0 Å². The van der Waals surface area contributed by atoms with Crippen LogP contribution in [0.2, 0.25) is 0 Å². The number of rotatable bonds is 16. The van der Waals surface area contributed by atoms with Gasteiger partial charge in [0.05, 0.1) is 46.1 Å². The van der Waals surface area contributed by atoms with E-state index in [0.29, 0.717) is 34.5 Å². The van der Waals surface area contributed by atoms with Gasteiger partial charge in [0, 0.05) is 0 Å². The maximum absolute atomic E-state index is 9.63. The largest absolute Gasteiger partial charge is 0.493 e. The molecule has 0 saturated heterocycles.